The van der Waals surface area contributed by atoms with Gasteiger partial charge in [-0.05, 0) is 56.3 Å². The summed E-state index contributed by atoms with van der Waals surface area (Å²) in [5.41, 5.74) is 0.619. The number of amides is 1. The molecule has 0 aliphatic heterocycles. The number of benzene rings is 2. The van der Waals surface area contributed by atoms with Crippen molar-refractivity contribution in [2.75, 3.05) is 11.9 Å². The van der Waals surface area contributed by atoms with Crippen molar-refractivity contribution < 1.29 is 23.5 Å². The summed E-state index contributed by atoms with van der Waals surface area (Å²) < 4.78 is 24.7. The number of carbonyl (C=O) groups excluding carboxylic acids is 2. The number of hydrogen-bond acceptors (Lipinski definition) is 6. The highest BCUT2D eigenvalue weighted by Gasteiger charge is 2.17. The number of esters is 1. The van der Waals surface area contributed by atoms with Crippen LogP contribution < -0.4 is 15.6 Å². The molecule has 0 radical (unpaired) electrons. The molecule has 0 fully saturated rings. The van der Waals surface area contributed by atoms with E-state index in [9.17, 15) is 18.8 Å². The van der Waals surface area contributed by atoms with Crippen LogP contribution in [0, 0.1) is 5.82 Å². The van der Waals surface area contributed by atoms with Crippen LogP contribution >= 0.6 is 0 Å². The van der Waals surface area contributed by atoms with Gasteiger partial charge in [-0.1, -0.05) is 6.07 Å². The third-order valence-electron chi connectivity index (χ3n) is 4.15. The second-order valence-electron chi connectivity index (χ2n) is 6.45. The van der Waals surface area contributed by atoms with Gasteiger partial charge in [0, 0.05) is 17.8 Å². The zero-order valence-corrected chi connectivity index (χ0v) is 16.9. The van der Waals surface area contributed by atoms with Crippen molar-refractivity contribution in [2.24, 2.45) is 0 Å². The Morgan fingerprint density at radius 1 is 1.13 bits per heavy atom. The molecule has 1 heterocycles. The highest BCUT2D eigenvalue weighted by Crippen LogP contribution is 2.14. The predicted octanol–water partition coefficient (Wildman–Crippen LogP) is 2.95. The lowest BCUT2D eigenvalue weighted by Gasteiger charge is -2.15. The molecule has 0 aliphatic rings. The van der Waals surface area contributed by atoms with E-state index in [0.717, 1.165) is 4.68 Å². The lowest BCUT2D eigenvalue weighted by molar-refractivity contribution is -0.122. The summed E-state index contributed by atoms with van der Waals surface area (Å²) in [5, 5.41) is 6.73. The van der Waals surface area contributed by atoms with E-state index in [0.29, 0.717) is 16.9 Å². The van der Waals surface area contributed by atoms with Gasteiger partial charge in [0.05, 0.1) is 17.9 Å². The third-order valence-corrected chi connectivity index (χ3v) is 4.15. The van der Waals surface area contributed by atoms with Crippen molar-refractivity contribution >= 4 is 17.6 Å². The van der Waals surface area contributed by atoms with E-state index >= 15 is 0 Å². The number of anilines is 1. The first kappa shape index (κ1) is 21.7. The molecule has 1 unspecified atom stereocenters. The molecule has 0 saturated heterocycles. The molecular weight excluding hydrogens is 405 g/mol. The molecule has 1 amide bonds. The van der Waals surface area contributed by atoms with Crippen LogP contribution in [0.2, 0.25) is 0 Å². The van der Waals surface area contributed by atoms with Crippen molar-refractivity contribution in [1.29, 1.82) is 0 Å². The first-order valence-corrected chi connectivity index (χ1v) is 9.48. The summed E-state index contributed by atoms with van der Waals surface area (Å²) in [7, 11) is 0. The molecule has 3 aromatic rings. The topological polar surface area (TPSA) is 99.5 Å². The van der Waals surface area contributed by atoms with Crippen molar-refractivity contribution in [1.82, 2.24) is 9.78 Å². The summed E-state index contributed by atoms with van der Waals surface area (Å²) in [4.78, 5) is 36.4. The quantitative estimate of drug-likeness (QED) is 0.585. The summed E-state index contributed by atoms with van der Waals surface area (Å²) in [6, 6.07) is 14.1. The lowest BCUT2D eigenvalue weighted by Crippen LogP contribution is -2.31. The molecule has 3 rings (SSSR count). The predicted molar refractivity (Wildman–Crippen MR) is 111 cm³/mol. The number of ether oxygens (including phenoxy) is 2. The average molecular weight is 425 g/mol. The summed E-state index contributed by atoms with van der Waals surface area (Å²) >= 11 is 0. The molecule has 1 atom stereocenters. The van der Waals surface area contributed by atoms with Gasteiger partial charge in [0.25, 0.3) is 11.5 Å². The van der Waals surface area contributed by atoms with Crippen LogP contribution in [0.5, 0.6) is 5.88 Å². The Morgan fingerprint density at radius 2 is 1.87 bits per heavy atom. The van der Waals surface area contributed by atoms with Crippen LogP contribution in [0.25, 0.3) is 5.69 Å². The van der Waals surface area contributed by atoms with Gasteiger partial charge >= 0.3 is 5.97 Å². The van der Waals surface area contributed by atoms with E-state index in [2.05, 4.69) is 10.4 Å². The van der Waals surface area contributed by atoms with Gasteiger partial charge in [-0.15, -0.1) is 5.10 Å². The number of nitrogens with zero attached hydrogens (tertiary/aromatic N) is 2. The first-order valence-electron chi connectivity index (χ1n) is 9.48. The van der Waals surface area contributed by atoms with Gasteiger partial charge in [-0.25, -0.2) is 9.18 Å². The number of rotatable bonds is 7. The molecule has 0 bridgehead atoms. The molecule has 8 nitrogen and oxygen atoms in total. The van der Waals surface area contributed by atoms with Crippen LogP contribution in [-0.4, -0.2) is 34.4 Å². The first-order chi connectivity index (χ1) is 14.9. The maximum absolute atomic E-state index is 13.1. The van der Waals surface area contributed by atoms with E-state index in [-0.39, 0.29) is 12.5 Å². The fraction of sp³-hybridized carbons (Fsp3) is 0.182. The summed E-state index contributed by atoms with van der Waals surface area (Å²) in [6.45, 7) is 3.46. The fourth-order valence-corrected chi connectivity index (χ4v) is 2.64. The van der Waals surface area contributed by atoms with Gasteiger partial charge in [-0.3, -0.25) is 9.59 Å². The average Bonchev–Trinajstić information content (AvgIpc) is 2.76. The minimum atomic E-state index is -0.960. The number of nitrogens with one attached hydrogen (secondary N) is 1. The van der Waals surface area contributed by atoms with Crippen LogP contribution in [0.3, 0.4) is 0 Å². The summed E-state index contributed by atoms with van der Waals surface area (Å²) in [6.07, 6.45) is -0.960. The summed E-state index contributed by atoms with van der Waals surface area (Å²) in [5.74, 6) is -1.38. The molecule has 0 spiro atoms. The minimum absolute atomic E-state index is 0.0341. The SMILES string of the molecule is CCOC(=O)c1cccc(NC(=O)C(C)Oc2ccc(=O)n(-c3ccc(F)cc3)n2)c1. The number of halogens is 1. The van der Waals surface area contributed by atoms with E-state index in [4.69, 9.17) is 9.47 Å². The van der Waals surface area contributed by atoms with Crippen LogP contribution in [0.15, 0.2) is 65.5 Å². The Bertz CT molecular complexity index is 1140. The Morgan fingerprint density at radius 3 is 2.58 bits per heavy atom. The molecule has 1 N–H and O–H groups in total. The standard InChI is InChI=1S/C22H20FN3O5/c1-3-30-22(29)15-5-4-6-17(13-15)24-21(28)14(2)31-19-11-12-20(27)26(25-19)18-9-7-16(23)8-10-18/h4-14H,3H2,1-2H3,(H,24,28). The lowest BCUT2D eigenvalue weighted by atomic mass is 10.2. The van der Waals surface area contributed by atoms with Gasteiger partial charge in [0.1, 0.15) is 5.82 Å². The smallest absolute Gasteiger partial charge is 0.338 e. The molecule has 0 saturated carbocycles. The number of carbonyl (C=O) groups is 2. The number of hydrogen-bond donors (Lipinski definition) is 1. The molecule has 160 valence electrons. The van der Waals surface area contributed by atoms with E-state index in [1.54, 1.807) is 25.1 Å². The van der Waals surface area contributed by atoms with Crippen molar-refractivity contribution in [3.63, 3.8) is 0 Å². The van der Waals surface area contributed by atoms with Gasteiger partial charge in [0.15, 0.2) is 6.10 Å². The Hall–Kier alpha value is -4.01. The van der Waals surface area contributed by atoms with Crippen LogP contribution in [0.4, 0.5) is 10.1 Å². The maximum atomic E-state index is 13.1. The second-order valence-corrected chi connectivity index (χ2v) is 6.45. The van der Waals surface area contributed by atoms with Crippen molar-refractivity contribution in [3.8, 4) is 11.6 Å². The van der Waals surface area contributed by atoms with Gasteiger partial charge in [-0.2, -0.15) is 4.68 Å². The van der Waals surface area contributed by atoms with Crippen molar-refractivity contribution in [3.05, 3.63) is 82.4 Å². The fourth-order valence-electron chi connectivity index (χ4n) is 2.64. The van der Waals surface area contributed by atoms with Crippen LogP contribution in [-0.2, 0) is 9.53 Å². The number of aromatic nitrogens is 2. The van der Waals surface area contributed by atoms with Crippen molar-refractivity contribution in [2.45, 2.75) is 20.0 Å². The highest BCUT2D eigenvalue weighted by molar-refractivity contribution is 5.96. The minimum Gasteiger partial charge on any atom is -0.463 e. The maximum Gasteiger partial charge on any atom is 0.338 e. The van der Waals surface area contributed by atoms with Gasteiger partial charge < -0.3 is 14.8 Å². The monoisotopic (exact) mass is 425 g/mol. The molecule has 1 aromatic heterocycles. The zero-order chi connectivity index (χ0) is 22.4. The molecule has 0 aliphatic carbocycles. The highest BCUT2D eigenvalue weighted by atomic mass is 19.1. The van der Waals surface area contributed by atoms with E-state index < -0.39 is 29.4 Å². The Balaban J connectivity index is 1.71. The van der Waals surface area contributed by atoms with Crippen LogP contribution in [0.1, 0.15) is 24.2 Å². The normalized spacial score (nSPS) is 11.5. The Kier molecular flexibility index (Phi) is 6.76. The zero-order valence-electron chi connectivity index (χ0n) is 16.9. The Labute approximate surface area is 177 Å². The molecular formula is C22H20FN3O5. The van der Waals surface area contributed by atoms with E-state index in [1.165, 1.54) is 49.4 Å². The molecule has 2 aromatic carbocycles. The second kappa shape index (κ2) is 9.66. The van der Waals surface area contributed by atoms with Gasteiger partial charge in [0.2, 0.25) is 5.88 Å². The third kappa shape index (κ3) is 5.53. The molecule has 31 heavy (non-hydrogen) atoms. The van der Waals surface area contributed by atoms with E-state index in [1.807, 2.05) is 0 Å². The largest absolute Gasteiger partial charge is 0.463 e. The molecule has 9 heteroatoms.